The maximum absolute atomic E-state index is 13.7. The zero-order chi connectivity index (χ0) is 18.1. The minimum Gasteiger partial charge on any atom is -0.466 e. The Morgan fingerprint density at radius 1 is 1.42 bits per heavy atom. The molecule has 0 bridgehead atoms. The first-order chi connectivity index (χ1) is 11.1. The van der Waals surface area contributed by atoms with Crippen LogP contribution in [-0.2, 0) is 9.53 Å². The Morgan fingerprint density at radius 2 is 2.00 bits per heavy atom. The number of nitrogens with zero attached hydrogens (tertiary/aromatic N) is 1. The molecule has 1 aromatic rings. The molecule has 1 aromatic carbocycles. The van der Waals surface area contributed by atoms with Crippen molar-refractivity contribution in [3.05, 3.63) is 35.9 Å². The van der Waals surface area contributed by atoms with Crippen molar-refractivity contribution in [3.8, 4) is 0 Å². The number of carbonyl (C=O) groups is 1. The molecule has 0 saturated carbocycles. The van der Waals surface area contributed by atoms with Crippen molar-refractivity contribution >= 4 is 23.3 Å². The second-order valence-corrected chi connectivity index (χ2v) is 5.74. The maximum atomic E-state index is 13.7. The van der Waals surface area contributed by atoms with E-state index >= 15 is 0 Å². The van der Waals surface area contributed by atoms with Crippen LogP contribution in [0, 0.1) is 5.92 Å². The van der Waals surface area contributed by atoms with Crippen LogP contribution < -0.4 is 5.32 Å². The highest BCUT2D eigenvalue weighted by Crippen LogP contribution is 2.46. The molecule has 2 rings (SSSR count). The lowest BCUT2D eigenvalue weighted by Crippen LogP contribution is -2.73. The monoisotopic (exact) mass is 362 g/mol. The number of benzene rings is 1. The fourth-order valence-electron chi connectivity index (χ4n) is 2.74. The molecule has 2 N–H and O–H groups in total. The number of hydrogen-bond acceptors (Lipinski definition) is 4. The van der Waals surface area contributed by atoms with Gasteiger partial charge in [-0.1, -0.05) is 30.3 Å². The summed E-state index contributed by atoms with van der Waals surface area (Å²) in [5.41, 5.74) is -3.10. The van der Waals surface area contributed by atoms with E-state index < -0.39 is 29.8 Å². The van der Waals surface area contributed by atoms with Crippen molar-refractivity contribution < 1.29 is 27.8 Å². The fraction of sp³-hybridized carbons (Fsp3) is 0.467. The van der Waals surface area contributed by atoms with E-state index in [2.05, 4.69) is 5.32 Å². The largest absolute Gasteiger partial charge is 0.466 e. The molecule has 1 heterocycles. The molecule has 132 valence electrons. The Kier molecular flexibility index (Phi) is 5.05. The van der Waals surface area contributed by atoms with E-state index in [1.165, 1.54) is 6.92 Å². The smallest absolute Gasteiger partial charge is 0.437 e. The third-order valence-corrected chi connectivity index (χ3v) is 4.37. The number of alkyl halides is 3. The van der Waals surface area contributed by atoms with Crippen LogP contribution in [0.1, 0.15) is 18.5 Å². The normalized spacial score (nSPS) is 27.6. The van der Waals surface area contributed by atoms with Gasteiger partial charge in [-0.05, 0) is 24.7 Å². The lowest BCUT2D eigenvalue weighted by molar-refractivity contribution is -0.325. The van der Waals surface area contributed by atoms with E-state index in [0.29, 0.717) is 10.5 Å². The van der Waals surface area contributed by atoms with Crippen molar-refractivity contribution in [2.75, 3.05) is 13.7 Å². The summed E-state index contributed by atoms with van der Waals surface area (Å²) in [5.74, 6) is -3.11. The quantitative estimate of drug-likeness (QED) is 0.633. The average molecular weight is 362 g/mol. The fourth-order valence-corrected chi connectivity index (χ4v) is 3.01. The van der Waals surface area contributed by atoms with Gasteiger partial charge in [0.1, 0.15) is 5.92 Å². The van der Waals surface area contributed by atoms with Crippen molar-refractivity contribution in [1.82, 2.24) is 10.2 Å². The van der Waals surface area contributed by atoms with E-state index in [0.717, 1.165) is 7.05 Å². The first-order valence-electron chi connectivity index (χ1n) is 7.19. The summed E-state index contributed by atoms with van der Waals surface area (Å²) in [7, 11) is 0.982. The molecular weight excluding hydrogens is 345 g/mol. The number of rotatable bonds is 3. The van der Waals surface area contributed by atoms with Gasteiger partial charge in [-0.15, -0.1) is 0 Å². The highest BCUT2D eigenvalue weighted by Gasteiger charge is 2.69. The predicted octanol–water partition coefficient (Wildman–Crippen LogP) is 1.98. The van der Waals surface area contributed by atoms with Gasteiger partial charge >= 0.3 is 12.1 Å². The molecule has 0 aromatic heterocycles. The number of thiocarbonyl (C=S) groups is 1. The molecular formula is C15H17F3N2O3S. The van der Waals surface area contributed by atoms with Gasteiger partial charge in [0.2, 0.25) is 0 Å². The summed E-state index contributed by atoms with van der Waals surface area (Å²) in [6.45, 7) is 1.37. The van der Waals surface area contributed by atoms with Crippen LogP contribution in [0.4, 0.5) is 13.2 Å². The molecule has 1 aliphatic rings. The number of halogens is 3. The number of ether oxygens (including phenoxy) is 1. The zero-order valence-corrected chi connectivity index (χ0v) is 13.8. The number of carbonyl (C=O) groups excluding carboxylic acids is 1. The topological polar surface area (TPSA) is 61.8 Å². The van der Waals surface area contributed by atoms with Gasteiger partial charge in [-0.25, -0.2) is 0 Å². The molecule has 0 radical (unpaired) electrons. The van der Waals surface area contributed by atoms with Gasteiger partial charge in [0.25, 0.3) is 5.72 Å². The van der Waals surface area contributed by atoms with Crippen molar-refractivity contribution in [2.45, 2.75) is 24.9 Å². The molecule has 0 spiro atoms. The Hall–Kier alpha value is -1.87. The van der Waals surface area contributed by atoms with E-state index in [4.69, 9.17) is 17.0 Å². The van der Waals surface area contributed by atoms with Crippen LogP contribution in [-0.4, -0.2) is 46.6 Å². The molecule has 1 aliphatic heterocycles. The Balaban J connectivity index is 2.61. The Morgan fingerprint density at radius 3 is 2.50 bits per heavy atom. The van der Waals surface area contributed by atoms with Crippen molar-refractivity contribution in [3.63, 3.8) is 0 Å². The molecule has 9 heteroatoms. The number of hydrogen-bond donors (Lipinski definition) is 2. The minimum absolute atomic E-state index is 0.112. The van der Waals surface area contributed by atoms with Crippen LogP contribution in [0.3, 0.4) is 0 Å². The number of aliphatic hydroxyl groups is 1. The molecule has 24 heavy (non-hydrogen) atoms. The van der Waals surface area contributed by atoms with Crippen LogP contribution in [0.15, 0.2) is 30.3 Å². The highest BCUT2D eigenvalue weighted by atomic mass is 32.1. The summed E-state index contributed by atoms with van der Waals surface area (Å²) in [6, 6.07) is 6.84. The van der Waals surface area contributed by atoms with Crippen LogP contribution in [0.25, 0.3) is 0 Å². The average Bonchev–Trinajstić information content (AvgIpc) is 2.52. The third-order valence-electron chi connectivity index (χ3n) is 3.98. The molecule has 1 fully saturated rings. The molecule has 0 aliphatic carbocycles. The molecule has 5 nitrogen and oxygen atoms in total. The minimum atomic E-state index is -5.13. The summed E-state index contributed by atoms with van der Waals surface area (Å²) in [5, 5.41) is 12.9. The third kappa shape index (κ3) is 2.93. The zero-order valence-electron chi connectivity index (χ0n) is 13.0. The van der Waals surface area contributed by atoms with Gasteiger partial charge in [-0.2, -0.15) is 13.2 Å². The summed E-state index contributed by atoms with van der Waals surface area (Å²) in [6.07, 6.45) is -5.13. The molecule has 0 unspecified atom stereocenters. The van der Waals surface area contributed by atoms with Gasteiger partial charge in [0, 0.05) is 7.05 Å². The van der Waals surface area contributed by atoms with E-state index in [1.807, 2.05) is 0 Å². The summed E-state index contributed by atoms with van der Waals surface area (Å²) in [4.78, 5) is 12.8. The molecule has 0 amide bonds. The summed E-state index contributed by atoms with van der Waals surface area (Å²) >= 11 is 4.93. The van der Waals surface area contributed by atoms with Gasteiger partial charge in [-0.3, -0.25) is 4.79 Å². The number of nitrogens with one attached hydrogen (secondary N) is 1. The number of esters is 1. The van der Waals surface area contributed by atoms with Crippen molar-refractivity contribution in [1.29, 1.82) is 0 Å². The first kappa shape index (κ1) is 18.5. The van der Waals surface area contributed by atoms with E-state index in [1.54, 1.807) is 30.3 Å². The van der Waals surface area contributed by atoms with Crippen LogP contribution in [0.2, 0.25) is 0 Å². The summed E-state index contributed by atoms with van der Waals surface area (Å²) < 4.78 is 45.9. The van der Waals surface area contributed by atoms with Crippen LogP contribution in [0.5, 0.6) is 0 Å². The van der Waals surface area contributed by atoms with Gasteiger partial charge in [0.05, 0.1) is 12.6 Å². The Bertz CT molecular complexity index is 626. The highest BCUT2D eigenvalue weighted by molar-refractivity contribution is 7.80. The predicted molar refractivity (Wildman–Crippen MR) is 83.8 cm³/mol. The van der Waals surface area contributed by atoms with Crippen LogP contribution >= 0.6 is 12.2 Å². The SMILES string of the molecule is CCOC(=O)[C@@H]1[C@H](c2ccccc2)NC(=S)N(C)[C@]1(O)C(F)(F)F. The van der Waals surface area contributed by atoms with Gasteiger partial charge in [0.15, 0.2) is 5.11 Å². The second-order valence-electron chi connectivity index (χ2n) is 5.35. The lowest BCUT2D eigenvalue weighted by Gasteiger charge is -2.50. The van der Waals surface area contributed by atoms with Gasteiger partial charge < -0.3 is 20.1 Å². The van der Waals surface area contributed by atoms with E-state index in [9.17, 15) is 23.1 Å². The second kappa shape index (κ2) is 6.56. The molecule has 3 atom stereocenters. The van der Waals surface area contributed by atoms with E-state index in [-0.39, 0.29) is 11.7 Å². The standard InChI is InChI=1S/C15H17F3N2O3S/c1-3-23-12(21)10-11(9-7-5-4-6-8-9)19-13(24)20(2)14(10,22)15(16,17)18/h4-8,10-11,22H,3H2,1-2H3,(H,19,24)/t10-,11-,14+/m0/s1. The molecule has 1 saturated heterocycles. The lowest BCUT2D eigenvalue weighted by atomic mass is 9.81. The Labute approximate surface area is 142 Å². The van der Waals surface area contributed by atoms with Crippen molar-refractivity contribution in [2.24, 2.45) is 5.92 Å². The first-order valence-corrected chi connectivity index (χ1v) is 7.60. The maximum Gasteiger partial charge on any atom is 0.437 e.